The fourth-order valence-electron chi connectivity index (χ4n) is 4.90. The largest absolute Gasteiger partial charge is 1.00 e. The molecule has 1 unspecified atom stereocenters. The van der Waals surface area contributed by atoms with Gasteiger partial charge in [-0.1, -0.05) is 65.0 Å². The molecule has 0 fully saturated rings. The van der Waals surface area contributed by atoms with E-state index in [0.717, 1.165) is 31.2 Å². The van der Waals surface area contributed by atoms with Crippen molar-refractivity contribution < 1.29 is 55.8 Å². The van der Waals surface area contributed by atoms with Gasteiger partial charge in [-0.3, -0.25) is 4.79 Å². The molecule has 0 amide bonds. The normalized spacial score (nSPS) is 13.5. The van der Waals surface area contributed by atoms with Gasteiger partial charge < -0.3 is 21.5 Å². The maximum Gasteiger partial charge on any atom is 1.00 e. The van der Waals surface area contributed by atoms with Crippen molar-refractivity contribution in [2.45, 2.75) is 105 Å². The molecular formula is C31H47NaO5. The second kappa shape index (κ2) is 14.7. The molecule has 2 aromatic rings. The average Bonchev–Trinajstić information content (AvgIpc) is 2.82. The third-order valence-corrected chi connectivity index (χ3v) is 7.64. The Hall–Kier alpha value is -1.37. The van der Waals surface area contributed by atoms with Crippen molar-refractivity contribution in [3.05, 3.63) is 64.2 Å². The molecule has 3 N–H and O–H groups in total. The topological polar surface area (TPSA) is 87.0 Å². The number of aliphatic hydroxyl groups excluding tert-OH is 2. The summed E-state index contributed by atoms with van der Waals surface area (Å²) in [5.41, 5.74) is 5.82. The van der Waals surface area contributed by atoms with Crippen molar-refractivity contribution in [1.82, 2.24) is 0 Å². The minimum atomic E-state index is -0.921. The van der Waals surface area contributed by atoms with Crippen LogP contribution in [0.4, 0.5) is 0 Å². The molecule has 0 radical (unpaired) electrons. The fourth-order valence-corrected chi connectivity index (χ4v) is 4.90. The predicted octanol–water partition coefficient (Wildman–Crippen LogP) is 3.47. The van der Waals surface area contributed by atoms with E-state index in [-0.39, 0.29) is 67.4 Å². The van der Waals surface area contributed by atoms with Crippen molar-refractivity contribution >= 4 is 5.97 Å². The van der Waals surface area contributed by atoms with E-state index in [0.29, 0.717) is 5.75 Å². The van der Waals surface area contributed by atoms with E-state index in [9.17, 15) is 15.0 Å². The van der Waals surface area contributed by atoms with Crippen LogP contribution in [-0.4, -0.2) is 40.1 Å². The zero-order chi connectivity index (χ0) is 27.1. The van der Waals surface area contributed by atoms with Crippen LogP contribution in [0.15, 0.2) is 36.4 Å². The number of aliphatic hydroxyl groups is 2. The number of hydrogen-bond acceptors (Lipinski definition) is 4. The zero-order valence-electron chi connectivity index (χ0n) is 25.2. The maximum atomic E-state index is 10.7. The maximum absolute atomic E-state index is 10.7. The quantitative estimate of drug-likeness (QED) is 0.351. The molecule has 37 heavy (non-hydrogen) atoms. The van der Waals surface area contributed by atoms with Gasteiger partial charge in [0, 0.05) is 11.8 Å². The number of carboxylic acid groups (broad SMARTS) is 1. The van der Waals surface area contributed by atoms with E-state index in [2.05, 4.69) is 71.9 Å². The van der Waals surface area contributed by atoms with Crippen LogP contribution in [0, 0.1) is 19.3 Å². The smallest absolute Gasteiger partial charge is 1.00 e. The third kappa shape index (κ3) is 9.11. The van der Waals surface area contributed by atoms with Gasteiger partial charge in [-0.15, -0.1) is 0 Å². The number of aryl methyl sites for hydroxylation is 3. The Balaban J connectivity index is 0.00000684. The van der Waals surface area contributed by atoms with Gasteiger partial charge >= 0.3 is 35.5 Å². The number of aliphatic carboxylic acids is 1. The van der Waals surface area contributed by atoms with E-state index in [1.54, 1.807) is 0 Å². The van der Waals surface area contributed by atoms with E-state index in [4.69, 9.17) is 9.84 Å². The monoisotopic (exact) mass is 522 g/mol. The van der Waals surface area contributed by atoms with Crippen LogP contribution in [0.5, 0.6) is 5.75 Å². The molecule has 202 valence electrons. The summed E-state index contributed by atoms with van der Waals surface area (Å²) in [5, 5.41) is 29.3. The molecule has 2 atom stereocenters. The molecule has 0 aliphatic carbocycles. The summed E-state index contributed by atoms with van der Waals surface area (Å²) in [6, 6.07) is 13.0. The van der Waals surface area contributed by atoms with Gasteiger partial charge in [-0.25, -0.2) is 0 Å². The standard InChI is InChI=1S/C31H46O5.Na.H/c1-8-31(9-2,24-12-10-23(21(3)18-24)11-16-28(33)30(5,6)7)25-13-15-27(22(4)19-25)36-20-26(32)14-17-29(34)35;;/h10,12-13,15,18-19,26,28,32-33H,8-9,11,14,16-17,20H2,1-7H3,(H,34,35);;/q;+1;-1/t26-,28?;;/m1../s1. The third-order valence-electron chi connectivity index (χ3n) is 7.64. The summed E-state index contributed by atoms with van der Waals surface area (Å²) in [5.74, 6) is -0.214. The molecule has 2 rings (SSSR count). The molecular weight excluding hydrogens is 475 g/mol. The van der Waals surface area contributed by atoms with Crippen LogP contribution in [0.25, 0.3) is 0 Å². The summed E-state index contributed by atoms with van der Waals surface area (Å²) >= 11 is 0. The summed E-state index contributed by atoms with van der Waals surface area (Å²) in [6.45, 7) is 14.9. The molecule has 5 nitrogen and oxygen atoms in total. The minimum Gasteiger partial charge on any atom is -1.00 e. The summed E-state index contributed by atoms with van der Waals surface area (Å²) in [6.07, 6.45) is 2.48. The fraction of sp³-hybridized carbons (Fsp3) is 0.581. The van der Waals surface area contributed by atoms with E-state index in [1.165, 1.54) is 22.3 Å². The van der Waals surface area contributed by atoms with Gasteiger partial charge in [0.1, 0.15) is 12.4 Å². The Kier molecular flexibility index (Phi) is 13.4. The predicted molar refractivity (Wildman–Crippen MR) is 147 cm³/mol. The van der Waals surface area contributed by atoms with Crippen LogP contribution < -0.4 is 34.3 Å². The zero-order valence-corrected chi connectivity index (χ0v) is 26.2. The first-order valence-electron chi connectivity index (χ1n) is 13.3. The molecule has 2 aromatic carbocycles. The molecule has 0 aliphatic heterocycles. The number of rotatable bonds is 13. The average molecular weight is 523 g/mol. The van der Waals surface area contributed by atoms with Crippen molar-refractivity contribution in [3.8, 4) is 5.75 Å². The van der Waals surface area contributed by atoms with Crippen LogP contribution in [-0.2, 0) is 16.6 Å². The minimum absolute atomic E-state index is 0. The molecule has 0 aromatic heterocycles. The number of hydrogen-bond donors (Lipinski definition) is 3. The van der Waals surface area contributed by atoms with Gasteiger partial charge in [-0.2, -0.15) is 0 Å². The van der Waals surface area contributed by atoms with Crippen LogP contribution >= 0.6 is 0 Å². The number of carboxylic acids is 1. The van der Waals surface area contributed by atoms with Crippen LogP contribution in [0.1, 0.15) is 96.0 Å². The van der Waals surface area contributed by atoms with Gasteiger partial charge in [0.15, 0.2) is 0 Å². The van der Waals surface area contributed by atoms with Gasteiger partial charge in [-0.05, 0) is 85.3 Å². The van der Waals surface area contributed by atoms with E-state index in [1.807, 2.05) is 13.0 Å². The van der Waals surface area contributed by atoms with Gasteiger partial charge in [0.2, 0.25) is 0 Å². The summed E-state index contributed by atoms with van der Waals surface area (Å²) in [4.78, 5) is 10.7. The van der Waals surface area contributed by atoms with Crippen LogP contribution in [0.3, 0.4) is 0 Å². The Bertz CT molecular complexity index is 1010. The van der Waals surface area contributed by atoms with Gasteiger partial charge in [0.25, 0.3) is 0 Å². The molecule has 0 aliphatic rings. The SMILES string of the molecule is CCC(CC)(c1ccc(CCC(O)C(C)(C)C)c(C)c1)c1ccc(OC[C@H](O)CCC(=O)O)c(C)c1.[H-].[Na+]. The van der Waals surface area contributed by atoms with Crippen molar-refractivity contribution in [1.29, 1.82) is 0 Å². The Morgan fingerprint density at radius 3 is 2.00 bits per heavy atom. The number of benzene rings is 2. The summed E-state index contributed by atoms with van der Waals surface area (Å²) in [7, 11) is 0. The first-order valence-corrected chi connectivity index (χ1v) is 13.3. The van der Waals surface area contributed by atoms with Gasteiger partial charge in [0.05, 0.1) is 12.2 Å². The van der Waals surface area contributed by atoms with E-state index >= 15 is 0 Å². The first kappa shape index (κ1) is 33.7. The Morgan fingerprint density at radius 2 is 1.51 bits per heavy atom. The second-order valence-electron chi connectivity index (χ2n) is 11.2. The summed E-state index contributed by atoms with van der Waals surface area (Å²) < 4.78 is 5.81. The molecule has 0 heterocycles. The molecule has 0 bridgehead atoms. The number of carbonyl (C=O) groups is 1. The van der Waals surface area contributed by atoms with Crippen molar-refractivity contribution in [2.24, 2.45) is 5.41 Å². The van der Waals surface area contributed by atoms with Crippen molar-refractivity contribution in [2.75, 3.05) is 6.61 Å². The van der Waals surface area contributed by atoms with E-state index < -0.39 is 12.1 Å². The Morgan fingerprint density at radius 1 is 0.946 bits per heavy atom. The molecule has 0 spiro atoms. The number of ether oxygens (including phenoxy) is 1. The Labute approximate surface area is 247 Å². The molecule has 6 heteroatoms. The van der Waals surface area contributed by atoms with Crippen molar-refractivity contribution in [3.63, 3.8) is 0 Å². The second-order valence-corrected chi connectivity index (χ2v) is 11.2. The van der Waals surface area contributed by atoms with Crippen LogP contribution in [0.2, 0.25) is 0 Å². The first-order chi connectivity index (χ1) is 16.8. The molecule has 0 saturated heterocycles. The molecule has 0 saturated carbocycles.